The first-order chi connectivity index (χ1) is 6.02. The van der Waals surface area contributed by atoms with Gasteiger partial charge >= 0.3 is 5.97 Å². The molecular weight excluding hydrogens is 218 g/mol. The monoisotopic (exact) mass is 222 g/mol. The van der Waals surface area contributed by atoms with Crippen molar-refractivity contribution in [3.8, 4) is 0 Å². The number of hydrogen-bond donors (Lipinski definition) is 1. The Hall–Kier alpha value is -0.800. The maximum atomic E-state index is 13.0. The van der Waals surface area contributed by atoms with Crippen molar-refractivity contribution in [1.29, 1.82) is 0 Å². The lowest BCUT2D eigenvalue weighted by atomic mass is 10.1. The Morgan fingerprint density at radius 1 is 1.54 bits per heavy atom. The average molecular weight is 223 g/mol. The van der Waals surface area contributed by atoms with E-state index in [-0.39, 0.29) is 10.6 Å². The van der Waals surface area contributed by atoms with Gasteiger partial charge in [0.2, 0.25) is 0 Å². The first-order valence-corrected chi connectivity index (χ1v) is 4.15. The van der Waals surface area contributed by atoms with Crippen LogP contribution in [0.25, 0.3) is 0 Å². The fourth-order valence-electron chi connectivity index (χ4n) is 0.842. The molecule has 5 heteroatoms. The predicted molar refractivity (Wildman–Crippen MR) is 47.6 cm³/mol. The number of rotatable bonds is 2. The van der Waals surface area contributed by atoms with Crippen LogP contribution in [-0.4, -0.2) is 11.1 Å². The van der Waals surface area contributed by atoms with Gasteiger partial charge < -0.3 is 5.11 Å². The van der Waals surface area contributed by atoms with Gasteiger partial charge in [-0.2, -0.15) is 0 Å². The van der Waals surface area contributed by atoms with Crippen molar-refractivity contribution in [1.82, 2.24) is 0 Å². The molecule has 0 saturated carbocycles. The van der Waals surface area contributed by atoms with Crippen LogP contribution in [0, 0.1) is 5.82 Å². The molecule has 0 aliphatic carbocycles. The smallest absolute Gasteiger partial charge is 0.326 e. The van der Waals surface area contributed by atoms with Gasteiger partial charge in [-0.05, 0) is 18.2 Å². The van der Waals surface area contributed by atoms with Crippen LogP contribution < -0.4 is 0 Å². The third-order valence-corrected chi connectivity index (χ3v) is 2.10. The summed E-state index contributed by atoms with van der Waals surface area (Å²) in [5.74, 6) is -1.98. The van der Waals surface area contributed by atoms with Gasteiger partial charge in [0, 0.05) is 10.6 Å². The highest BCUT2D eigenvalue weighted by atomic mass is 35.5. The Morgan fingerprint density at radius 2 is 2.15 bits per heavy atom. The van der Waals surface area contributed by atoms with Gasteiger partial charge in [-0.3, -0.25) is 4.79 Å². The van der Waals surface area contributed by atoms with Gasteiger partial charge in [-0.1, -0.05) is 11.6 Å². The van der Waals surface area contributed by atoms with E-state index in [1.54, 1.807) is 0 Å². The van der Waals surface area contributed by atoms with Crippen LogP contribution in [0.1, 0.15) is 10.9 Å². The topological polar surface area (TPSA) is 37.3 Å². The first kappa shape index (κ1) is 10.3. The molecule has 13 heavy (non-hydrogen) atoms. The molecular formula is C8H5Cl2FO2. The quantitative estimate of drug-likeness (QED) is 0.782. The number of benzene rings is 1. The number of carboxylic acids is 1. The zero-order chi connectivity index (χ0) is 10.0. The van der Waals surface area contributed by atoms with E-state index in [1.165, 1.54) is 12.1 Å². The summed E-state index contributed by atoms with van der Waals surface area (Å²) in [6.07, 6.45) is 0. The third kappa shape index (κ3) is 2.32. The predicted octanol–water partition coefficient (Wildman–Crippen LogP) is 2.84. The average Bonchev–Trinajstić information content (AvgIpc) is 2.08. The minimum atomic E-state index is -1.40. The van der Waals surface area contributed by atoms with Crippen LogP contribution in [-0.2, 0) is 4.79 Å². The zero-order valence-electron chi connectivity index (χ0n) is 6.30. The molecule has 0 fully saturated rings. The maximum absolute atomic E-state index is 13.0. The maximum Gasteiger partial charge on any atom is 0.326 e. The van der Waals surface area contributed by atoms with Gasteiger partial charge in [0.15, 0.2) is 5.38 Å². The number of hydrogen-bond acceptors (Lipinski definition) is 1. The molecule has 0 amide bonds. The number of alkyl halides is 1. The lowest BCUT2D eigenvalue weighted by Crippen LogP contribution is -2.06. The SMILES string of the molecule is O=C(O)C(Cl)c1cc(Cl)ccc1F. The fraction of sp³-hybridized carbons (Fsp3) is 0.125. The molecule has 1 aromatic carbocycles. The van der Waals surface area contributed by atoms with Crippen molar-refractivity contribution in [2.24, 2.45) is 0 Å². The van der Waals surface area contributed by atoms with Crippen LogP contribution in [0.5, 0.6) is 0 Å². The molecule has 0 saturated heterocycles. The molecule has 1 aromatic rings. The Morgan fingerprint density at radius 3 is 2.69 bits per heavy atom. The van der Waals surface area contributed by atoms with E-state index in [1.807, 2.05) is 0 Å². The normalized spacial score (nSPS) is 12.5. The van der Waals surface area contributed by atoms with Crippen molar-refractivity contribution < 1.29 is 14.3 Å². The van der Waals surface area contributed by atoms with Crippen molar-refractivity contribution in [3.63, 3.8) is 0 Å². The molecule has 1 unspecified atom stereocenters. The summed E-state index contributed by atoms with van der Waals surface area (Å²) >= 11 is 11.0. The second-order valence-electron chi connectivity index (χ2n) is 2.37. The van der Waals surface area contributed by atoms with Crippen LogP contribution in [0.4, 0.5) is 4.39 Å². The molecule has 1 N–H and O–H groups in total. The van der Waals surface area contributed by atoms with E-state index in [0.717, 1.165) is 6.07 Å². The number of carboxylic acid groups (broad SMARTS) is 1. The summed E-state index contributed by atoms with van der Waals surface area (Å²) in [5, 5.41) is 7.36. The molecule has 1 rings (SSSR count). The van der Waals surface area contributed by atoms with Crippen molar-refractivity contribution >= 4 is 29.2 Å². The van der Waals surface area contributed by atoms with E-state index >= 15 is 0 Å². The van der Waals surface area contributed by atoms with Gasteiger partial charge in [-0.15, -0.1) is 11.6 Å². The zero-order valence-corrected chi connectivity index (χ0v) is 7.81. The highest BCUT2D eigenvalue weighted by Crippen LogP contribution is 2.26. The number of carbonyl (C=O) groups is 1. The highest BCUT2D eigenvalue weighted by molar-refractivity contribution is 6.32. The van der Waals surface area contributed by atoms with Gasteiger partial charge in [0.25, 0.3) is 0 Å². The summed E-state index contributed by atoms with van der Waals surface area (Å²) in [6, 6.07) is 3.60. The summed E-state index contributed by atoms with van der Waals surface area (Å²) in [5.41, 5.74) is -0.123. The van der Waals surface area contributed by atoms with E-state index in [2.05, 4.69) is 0 Å². The van der Waals surface area contributed by atoms with E-state index in [0.29, 0.717) is 0 Å². The summed E-state index contributed by atoms with van der Waals surface area (Å²) < 4.78 is 13.0. The second kappa shape index (κ2) is 3.94. The minimum Gasteiger partial charge on any atom is -0.480 e. The van der Waals surface area contributed by atoms with Crippen LogP contribution in [0.2, 0.25) is 5.02 Å². The lowest BCUT2D eigenvalue weighted by Gasteiger charge is -2.05. The molecule has 0 spiro atoms. The fourth-order valence-corrected chi connectivity index (χ4v) is 1.19. The van der Waals surface area contributed by atoms with E-state index in [9.17, 15) is 9.18 Å². The molecule has 0 heterocycles. The minimum absolute atomic E-state index is 0.123. The van der Waals surface area contributed by atoms with E-state index in [4.69, 9.17) is 28.3 Å². The van der Waals surface area contributed by atoms with E-state index < -0.39 is 17.2 Å². The van der Waals surface area contributed by atoms with Crippen LogP contribution in [0.15, 0.2) is 18.2 Å². The summed E-state index contributed by atoms with van der Waals surface area (Å²) in [4.78, 5) is 10.4. The Bertz CT molecular complexity index is 341. The molecule has 0 bridgehead atoms. The van der Waals surface area contributed by atoms with Crippen molar-refractivity contribution in [3.05, 3.63) is 34.6 Å². The van der Waals surface area contributed by atoms with Crippen LogP contribution >= 0.6 is 23.2 Å². The van der Waals surface area contributed by atoms with Crippen molar-refractivity contribution in [2.45, 2.75) is 5.38 Å². The van der Waals surface area contributed by atoms with Gasteiger partial charge in [0.05, 0.1) is 0 Å². The highest BCUT2D eigenvalue weighted by Gasteiger charge is 2.20. The summed E-state index contributed by atoms with van der Waals surface area (Å²) in [7, 11) is 0. The molecule has 0 aliphatic rings. The second-order valence-corrected chi connectivity index (χ2v) is 3.24. The standard InChI is InChI=1S/C8H5Cl2FO2/c9-4-1-2-6(11)5(3-4)7(10)8(12)13/h1-3,7H,(H,12,13). The Balaban J connectivity index is 3.12. The summed E-state index contributed by atoms with van der Waals surface area (Å²) in [6.45, 7) is 0. The molecule has 2 nitrogen and oxygen atoms in total. The van der Waals surface area contributed by atoms with Crippen molar-refractivity contribution in [2.75, 3.05) is 0 Å². The Labute approximate surface area is 83.9 Å². The lowest BCUT2D eigenvalue weighted by molar-refractivity contribution is -0.136. The molecule has 70 valence electrons. The number of aliphatic carboxylic acids is 1. The molecule has 0 aliphatic heterocycles. The number of halogens is 3. The third-order valence-electron chi connectivity index (χ3n) is 1.45. The largest absolute Gasteiger partial charge is 0.480 e. The Kier molecular flexibility index (Phi) is 3.12. The van der Waals surface area contributed by atoms with Gasteiger partial charge in [0.1, 0.15) is 5.82 Å². The van der Waals surface area contributed by atoms with Gasteiger partial charge in [-0.25, -0.2) is 4.39 Å². The first-order valence-electron chi connectivity index (χ1n) is 3.34. The molecule has 0 radical (unpaired) electrons. The molecule has 0 aromatic heterocycles. The van der Waals surface area contributed by atoms with Crippen LogP contribution in [0.3, 0.4) is 0 Å². The molecule has 1 atom stereocenters.